The van der Waals surface area contributed by atoms with Crippen LogP contribution in [-0.4, -0.2) is 70.5 Å². The summed E-state index contributed by atoms with van der Waals surface area (Å²) in [4.78, 5) is 26.4. The van der Waals surface area contributed by atoms with E-state index >= 15 is 0 Å². The van der Waals surface area contributed by atoms with E-state index in [2.05, 4.69) is 0 Å². The summed E-state index contributed by atoms with van der Waals surface area (Å²) in [7, 11) is 0. The Kier molecular flexibility index (Phi) is 4.41. The van der Waals surface area contributed by atoms with Gasteiger partial charge in [0.15, 0.2) is 0 Å². The van der Waals surface area contributed by atoms with E-state index in [9.17, 15) is 19.1 Å². The number of aliphatic carboxylic acids is 1. The van der Waals surface area contributed by atoms with Gasteiger partial charge in [-0.05, 0) is 27.2 Å². The normalized spacial score (nSPS) is 30.7. The molecule has 0 saturated carbocycles. The lowest BCUT2D eigenvalue weighted by Crippen LogP contribution is -2.45. The van der Waals surface area contributed by atoms with Gasteiger partial charge in [-0.2, -0.15) is 0 Å². The van der Waals surface area contributed by atoms with Crippen LogP contribution in [-0.2, 0) is 9.53 Å². The van der Waals surface area contributed by atoms with Crippen molar-refractivity contribution in [2.45, 2.75) is 57.5 Å². The van der Waals surface area contributed by atoms with Gasteiger partial charge in [0.1, 0.15) is 17.8 Å². The van der Waals surface area contributed by atoms with Crippen molar-refractivity contribution in [3.05, 3.63) is 0 Å². The molecule has 2 saturated heterocycles. The molecule has 120 valence electrons. The summed E-state index contributed by atoms with van der Waals surface area (Å²) in [5.41, 5.74) is -0.559. The zero-order valence-electron chi connectivity index (χ0n) is 12.7. The van der Waals surface area contributed by atoms with Crippen LogP contribution in [0, 0.1) is 0 Å². The molecule has 1 amide bonds. The minimum absolute atomic E-state index is 0.0261. The Hall–Kier alpha value is -1.37. The quantitative estimate of drug-likeness (QED) is 0.837. The molecule has 3 unspecified atom stereocenters. The fourth-order valence-electron chi connectivity index (χ4n) is 2.96. The highest BCUT2D eigenvalue weighted by molar-refractivity contribution is 5.74. The Balaban J connectivity index is 1.96. The van der Waals surface area contributed by atoms with Gasteiger partial charge >= 0.3 is 12.1 Å². The highest BCUT2D eigenvalue weighted by atomic mass is 19.1. The first-order valence-corrected chi connectivity index (χ1v) is 7.28. The van der Waals surface area contributed by atoms with Gasteiger partial charge in [-0.25, -0.2) is 9.18 Å². The van der Waals surface area contributed by atoms with E-state index in [1.54, 1.807) is 30.6 Å². The van der Waals surface area contributed by atoms with E-state index in [1.807, 2.05) is 0 Å². The Labute approximate surface area is 123 Å². The van der Waals surface area contributed by atoms with Crippen LogP contribution >= 0.6 is 0 Å². The second kappa shape index (κ2) is 5.79. The van der Waals surface area contributed by atoms with Gasteiger partial charge in [0.2, 0.25) is 0 Å². The molecule has 0 spiro atoms. The number of amides is 1. The number of likely N-dealkylation sites (tertiary alicyclic amines) is 2. The molecule has 6 nitrogen and oxygen atoms in total. The highest BCUT2D eigenvalue weighted by Gasteiger charge is 2.43. The minimum atomic E-state index is -1.11. The first kappa shape index (κ1) is 16.0. The summed E-state index contributed by atoms with van der Waals surface area (Å²) in [6, 6.07) is -0.900. The molecule has 2 aliphatic heterocycles. The molecule has 2 heterocycles. The number of alkyl halides is 1. The van der Waals surface area contributed by atoms with Gasteiger partial charge < -0.3 is 14.7 Å². The highest BCUT2D eigenvalue weighted by Crippen LogP contribution is 2.28. The van der Waals surface area contributed by atoms with Crippen molar-refractivity contribution in [2.24, 2.45) is 0 Å². The van der Waals surface area contributed by atoms with Crippen LogP contribution in [0.3, 0.4) is 0 Å². The van der Waals surface area contributed by atoms with Crippen LogP contribution in [0.25, 0.3) is 0 Å². The molecule has 7 heteroatoms. The average Bonchev–Trinajstić information content (AvgIpc) is 2.92. The molecule has 0 aromatic rings. The molecule has 21 heavy (non-hydrogen) atoms. The average molecular weight is 302 g/mol. The van der Waals surface area contributed by atoms with Crippen LogP contribution in [0.4, 0.5) is 9.18 Å². The molecule has 0 bridgehead atoms. The predicted molar refractivity (Wildman–Crippen MR) is 73.9 cm³/mol. The third kappa shape index (κ3) is 3.84. The summed E-state index contributed by atoms with van der Waals surface area (Å²) in [5, 5.41) is 9.18. The number of rotatable bonds is 2. The second-order valence-electron chi connectivity index (χ2n) is 6.75. The van der Waals surface area contributed by atoms with Gasteiger partial charge in [-0.3, -0.25) is 9.69 Å². The van der Waals surface area contributed by atoms with E-state index in [1.165, 1.54) is 0 Å². The van der Waals surface area contributed by atoms with Crippen molar-refractivity contribution >= 4 is 12.1 Å². The molecular weight excluding hydrogens is 279 g/mol. The monoisotopic (exact) mass is 302 g/mol. The largest absolute Gasteiger partial charge is 0.480 e. The van der Waals surface area contributed by atoms with E-state index < -0.39 is 29.9 Å². The molecule has 0 aromatic carbocycles. The van der Waals surface area contributed by atoms with E-state index in [-0.39, 0.29) is 19.0 Å². The van der Waals surface area contributed by atoms with Crippen LogP contribution in [0.15, 0.2) is 0 Å². The van der Waals surface area contributed by atoms with Crippen molar-refractivity contribution < 1.29 is 23.8 Å². The van der Waals surface area contributed by atoms with Gasteiger partial charge in [-0.1, -0.05) is 0 Å². The predicted octanol–water partition coefficient (Wildman–Crippen LogP) is 1.49. The third-order valence-electron chi connectivity index (χ3n) is 3.86. The number of carbonyl (C=O) groups is 2. The number of halogens is 1. The number of carboxylic acid groups (broad SMARTS) is 1. The van der Waals surface area contributed by atoms with E-state index in [0.717, 1.165) is 0 Å². The second-order valence-corrected chi connectivity index (χ2v) is 6.75. The van der Waals surface area contributed by atoms with Crippen molar-refractivity contribution in [1.82, 2.24) is 9.80 Å². The molecule has 1 N–H and O–H groups in total. The molecular formula is C14H23FN2O4. The fourth-order valence-corrected chi connectivity index (χ4v) is 2.96. The van der Waals surface area contributed by atoms with Crippen LogP contribution in [0.2, 0.25) is 0 Å². The van der Waals surface area contributed by atoms with Crippen LogP contribution in [0.5, 0.6) is 0 Å². The minimum Gasteiger partial charge on any atom is -0.480 e. The molecule has 0 aliphatic carbocycles. The Morgan fingerprint density at radius 3 is 2.52 bits per heavy atom. The Bertz CT molecular complexity index is 424. The zero-order chi connectivity index (χ0) is 15.8. The maximum absolute atomic E-state index is 13.5. The Morgan fingerprint density at radius 1 is 1.29 bits per heavy atom. The van der Waals surface area contributed by atoms with Crippen LogP contribution in [0.1, 0.15) is 33.6 Å². The van der Waals surface area contributed by atoms with Crippen LogP contribution < -0.4 is 0 Å². The molecule has 0 radical (unpaired) electrons. The van der Waals surface area contributed by atoms with Gasteiger partial charge in [0, 0.05) is 32.1 Å². The smallest absolute Gasteiger partial charge is 0.410 e. The lowest BCUT2D eigenvalue weighted by atomic mass is 10.1. The number of hydrogen-bond acceptors (Lipinski definition) is 4. The summed E-state index contributed by atoms with van der Waals surface area (Å²) < 4.78 is 18.8. The van der Waals surface area contributed by atoms with Crippen molar-refractivity contribution in [1.29, 1.82) is 0 Å². The number of ether oxygens (including phenoxy) is 1. The maximum atomic E-state index is 13.5. The zero-order valence-corrected chi connectivity index (χ0v) is 12.7. The lowest BCUT2D eigenvalue weighted by molar-refractivity contribution is -0.142. The summed E-state index contributed by atoms with van der Waals surface area (Å²) >= 11 is 0. The number of carboxylic acids is 1. The number of nitrogens with zero attached hydrogens (tertiary/aromatic N) is 2. The van der Waals surface area contributed by atoms with Crippen molar-refractivity contribution in [3.8, 4) is 0 Å². The molecule has 0 aromatic heterocycles. The maximum Gasteiger partial charge on any atom is 0.410 e. The molecule has 2 rings (SSSR count). The number of hydrogen-bond donors (Lipinski definition) is 1. The fraction of sp³-hybridized carbons (Fsp3) is 0.857. The van der Waals surface area contributed by atoms with Gasteiger partial charge in [0.25, 0.3) is 0 Å². The number of carbonyl (C=O) groups excluding carboxylic acids is 1. The van der Waals surface area contributed by atoms with Crippen molar-refractivity contribution in [3.63, 3.8) is 0 Å². The first-order valence-electron chi connectivity index (χ1n) is 7.28. The summed E-state index contributed by atoms with van der Waals surface area (Å²) in [5.74, 6) is -0.995. The molecule has 2 aliphatic rings. The Morgan fingerprint density at radius 2 is 1.95 bits per heavy atom. The standard InChI is InChI=1S/C14H23FN2O4/c1-14(2,3)21-13(20)16-5-4-10(8-16)17-7-9(15)6-11(17)12(18)19/h9-11H,4-8H2,1-3H3,(H,18,19). The SMILES string of the molecule is CC(C)(C)OC(=O)N1CCC(N2CC(F)CC2C(=O)O)C1. The van der Waals surface area contributed by atoms with E-state index in [4.69, 9.17) is 4.74 Å². The van der Waals surface area contributed by atoms with E-state index in [0.29, 0.717) is 19.5 Å². The topological polar surface area (TPSA) is 70.1 Å². The molecule has 3 atom stereocenters. The third-order valence-corrected chi connectivity index (χ3v) is 3.86. The van der Waals surface area contributed by atoms with Gasteiger partial charge in [-0.15, -0.1) is 0 Å². The summed E-state index contributed by atoms with van der Waals surface area (Å²) in [6.45, 7) is 6.43. The lowest BCUT2D eigenvalue weighted by Gasteiger charge is -2.28. The molecule has 2 fully saturated rings. The summed E-state index contributed by atoms with van der Waals surface area (Å²) in [6.07, 6.45) is -0.830. The van der Waals surface area contributed by atoms with Crippen molar-refractivity contribution in [2.75, 3.05) is 19.6 Å². The first-order chi connectivity index (χ1) is 9.67. The van der Waals surface area contributed by atoms with Gasteiger partial charge in [0.05, 0.1) is 0 Å².